The van der Waals surface area contributed by atoms with E-state index in [-0.39, 0.29) is 19.3 Å². The van der Waals surface area contributed by atoms with Gasteiger partial charge >= 0.3 is 6.18 Å². The second-order valence-electron chi connectivity index (χ2n) is 4.15. The second-order valence-corrected chi connectivity index (χ2v) is 5.74. The molecular formula is C9H18F3N3O3S. The highest BCUT2D eigenvalue weighted by molar-refractivity contribution is 7.87. The largest absolute Gasteiger partial charge is 0.402 e. The number of hydrogen-bond acceptors (Lipinski definition) is 4. The van der Waals surface area contributed by atoms with Crippen molar-refractivity contribution < 1.29 is 26.3 Å². The highest BCUT2D eigenvalue weighted by Gasteiger charge is 2.29. The first-order valence-corrected chi connectivity index (χ1v) is 7.40. The van der Waals surface area contributed by atoms with Crippen molar-refractivity contribution in [3.8, 4) is 0 Å². The molecule has 1 fully saturated rings. The SMILES string of the molecule is O=S(=O)(NCCOC1CCNCC1)NCC(F)(F)F. The van der Waals surface area contributed by atoms with E-state index in [0.717, 1.165) is 25.9 Å². The average molecular weight is 305 g/mol. The Morgan fingerprint density at radius 1 is 1.21 bits per heavy atom. The van der Waals surface area contributed by atoms with E-state index < -0.39 is 22.9 Å². The summed E-state index contributed by atoms with van der Waals surface area (Å²) in [6.45, 7) is 0.194. The molecule has 114 valence electrons. The monoisotopic (exact) mass is 305 g/mol. The zero-order valence-electron chi connectivity index (χ0n) is 10.3. The second kappa shape index (κ2) is 7.39. The summed E-state index contributed by atoms with van der Waals surface area (Å²) in [5.41, 5.74) is 0. The van der Waals surface area contributed by atoms with E-state index in [1.54, 1.807) is 0 Å². The number of ether oxygens (including phenoxy) is 1. The lowest BCUT2D eigenvalue weighted by Gasteiger charge is -2.22. The van der Waals surface area contributed by atoms with Crippen molar-refractivity contribution in [1.29, 1.82) is 0 Å². The molecule has 0 unspecified atom stereocenters. The number of hydrogen-bond donors (Lipinski definition) is 3. The molecule has 1 rings (SSSR count). The van der Waals surface area contributed by atoms with Gasteiger partial charge in [-0.1, -0.05) is 0 Å². The quantitative estimate of drug-likeness (QED) is 0.566. The van der Waals surface area contributed by atoms with Crippen LogP contribution in [0.3, 0.4) is 0 Å². The van der Waals surface area contributed by atoms with E-state index in [2.05, 4.69) is 5.32 Å². The Morgan fingerprint density at radius 2 is 1.84 bits per heavy atom. The molecule has 1 heterocycles. The number of rotatable bonds is 7. The first-order chi connectivity index (χ1) is 8.79. The van der Waals surface area contributed by atoms with Crippen LogP contribution in [0.2, 0.25) is 0 Å². The molecule has 0 radical (unpaired) electrons. The van der Waals surface area contributed by atoms with Crippen LogP contribution in [0.25, 0.3) is 0 Å². The van der Waals surface area contributed by atoms with Gasteiger partial charge in [-0.25, -0.2) is 0 Å². The zero-order chi connectivity index (χ0) is 14.4. The molecule has 1 aliphatic rings. The maximum absolute atomic E-state index is 11.8. The van der Waals surface area contributed by atoms with Crippen molar-refractivity contribution in [2.45, 2.75) is 25.1 Å². The van der Waals surface area contributed by atoms with E-state index in [1.165, 1.54) is 4.72 Å². The van der Waals surface area contributed by atoms with Gasteiger partial charge in [0, 0.05) is 6.54 Å². The number of nitrogens with one attached hydrogen (secondary N) is 3. The molecule has 0 bridgehead atoms. The van der Waals surface area contributed by atoms with Crippen molar-refractivity contribution in [3.63, 3.8) is 0 Å². The number of alkyl halides is 3. The van der Waals surface area contributed by atoms with E-state index in [1.807, 2.05) is 4.72 Å². The van der Waals surface area contributed by atoms with Crippen molar-refractivity contribution in [3.05, 3.63) is 0 Å². The smallest absolute Gasteiger partial charge is 0.377 e. The van der Waals surface area contributed by atoms with E-state index in [0.29, 0.717) is 0 Å². The highest BCUT2D eigenvalue weighted by Crippen LogP contribution is 2.12. The van der Waals surface area contributed by atoms with Crippen LogP contribution >= 0.6 is 0 Å². The Kier molecular flexibility index (Phi) is 6.47. The molecule has 0 saturated carbocycles. The van der Waals surface area contributed by atoms with Crippen LogP contribution in [-0.4, -0.2) is 53.5 Å². The molecule has 3 N–H and O–H groups in total. The van der Waals surface area contributed by atoms with Crippen molar-refractivity contribution in [1.82, 2.24) is 14.8 Å². The Bertz CT molecular complexity index is 355. The van der Waals surface area contributed by atoms with Gasteiger partial charge in [-0.3, -0.25) is 0 Å². The molecule has 0 aromatic carbocycles. The Hall–Kier alpha value is -0.420. The number of piperidine rings is 1. The minimum atomic E-state index is -4.57. The van der Waals surface area contributed by atoms with Gasteiger partial charge in [-0.2, -0.15) is 31.0 Å². The van der Waals surface area contributed by atoms with E-state index >= 15 is 0 Å². The molecule has 0 aromatic heterocycles. The van der Waals surface area contributed by atoms with Crippen molar-refractivity contribution in [2.75, 3.05) is 32.8 Å². The lowest BCUT2D eigenvalue weighted by atomic mass is 10.1. The van der Waals surface area contributed by atoms with Crippen LogP contribution in [0, 0.1) is 0 Å². The van der Waals surface area contributed by atoms with Crippen LogP contribution in [0.4, 0.5) is 13.2 Å². The van der Waals surface area contributed by atoms with Crippen LogP contribution in [0.1, 0.15) is 12.8 Å². The molecule has 6 nitrogen and oxygen atoms in total. The molecular weight excluding hydrogens is 287 g/mol. The summed E-state index contributed by atoms with van der Waals surface area (Å²) in [4.78, 5) is 0. The lowest BCUT2D eigenvalue weighted by molar-refractivity contribution is -0.121. The topological polar surface area (TPSA) is 79.5 Å². The molecule has 0 amide bonds. The third-order valence-corrected chi connectivity index (χ3v) is 3.61. The maximum atomic E-state index is 11.8. The standard InChI is InChI=1S/C9H18F3N3O3S/c10-9(11,12)7-15-19(16,17)14-5-6-18-8-1-3-13-4-2-8/h8,13-15H,1-7H2. The van der Waals surface area contributed by atoms with Gasteiger partial charge in [-0.15, -0.1) is 0 Å². The predicted molar refractivity (Wildman–Crippen MR) is 62.8 cm³/mol. The fraction of sp³-hybridized carbons (Fsp3) is 1.00. The molecule has 0 aromatic rings. The summed E-state index contributed by atoms with van der Waals surface area (Å²) in [6, 6.07) is 0. The maximum Gasteiger partial charge on any atom is 0.402 e. The minimum Gasteiger partial charge on any atom is -0.377 e. The lowest BCUT2D eigenvalue weighted by Crippen LogP contribution is -2.43. The predicted octanol–water partition coefficient (Wildman–Crippen LogP) is -0.259. The normalized spacial score (nSPS) is 18.7. The minimum absolute atomic E-state index is 0.0584. The van der Waals surface area contributed by atoms with Crippen LogP contribution in [-0.2, 0) is 14.9 Å². The Balaban J connectivity index is 2.13. The third kappa shape index (κ3) is 8.37. The van der Waals surface area contributed by atoms with Crippen LogP contribution in [0.15, 0.2) is 0 Å². The molecule has 0 aliphatic carbocycles. The van der Waals surface area contributed by atoms with Crippen LogP contribution < -0.4 is 14.8 Å². The fourth-order valence-electron chi connectivity index (χ4n) is 1.59. The Labute approximate surface area is 110 Å². The first-order valence-electron chi connectivity index (χ1n) is 5.92. The van der Waals surface area contributed by atoms with Crippen LogP contribution in [0.5, 0.6) is 0 Å². The van der Waals surface area contributed by atoms with Crippen molar-refractivity contribution in [2.24, 2.45) is 0 Å². The average Bonchev–Trinajstić information content (AvgIpc) is 2.33. The van der Waals surface area contributed by atoms with Gasteiger partial charge in [0.1, 0.15) is 6.54 Å². The fourth-order valence-corrected chi connectivity index (χ4v) is 2.40. The van der Waals surface area contributed by atoms with E-state index in [4.69, 9.17) is 4.74 Å². The van der Waals surface area contributed by atoms with Gasteiger partial charge in [0.2, 0.25) is 0 Å². The molecule has 0 spiro atoms. The Morgan fingerprint density at radius 3 is 2.42 bits per heavy atom. The molecule has 10 heteroatoms. The first kappa shape index (κ1) is 16.6. The summed E-state index contributed by atoms with van der Waals surface area (Å²) < 4.78 is 66.6. The molecule has 1 aliphatic heterocycles. The van der Waals surface area contributed by atoms with E-state index in [9.17, 15) is 21.6 Å². The summed E-state index contributed by atoms with van der Waals surface area (Å²) in [5.74, 6) is 0. The van der Waals surface area contributed by atoms with Gasteiger partial charge in [0.05, 0.1) is 12.7 Å². The van der Waals surface area contributed by atoms with Gasteiger partial charge in [0.15, 0.2) is 0 Å². The molecule has 19 heavy (non-hydrogen) atoms. The third-order valence-electron chi connectivity index (χ3n) is 2.50. The highest BCUT2D eigenvalue weighted by atomic mass is 32.2. The molecule has 0 atom stereocenters. The van der Waals surface area contributed by atoms with Gasteiger partial charge in [0.25, 0.3) is 10.2 Å². The molecule has 1 saturated heterocycles. The summed E-state index contributed by atoms with van der Waals surface area (Å²) in [7, 11) is -4.13. The van der Waals surface area contributed by atoms with Gasteiger partial charge in [-0.05, 0) is 25.9 Å². The van der Waals surface area contributed by atoms with Crippen molar-refractivity contribution >= 4 is 10.2 Å². The number of halogens is 3. The summed E-state index contributed by atoms with van der Waals surface area (Å²) in [6.07, 6.45) is -2.80. The zero-order valence-corrected chi connectivity index (χ0v) is 11.1. The summed E-state index contributed by atoms with van der Waals surface area (Å²) in [5, 5.41) is 3.15. The van der Waals surface area contributed by atoms with Gasteiger partial charge < -0.3 is 10.1 Å². The summed E-state index contributed by atoms with van der Waals surface area (Å²) >= 11 is 0.